The molecule has 0 aliphatic rings. The van der Waals surface area contributed by atoms with Crippen LogP contribution in [0, 0.1) is 6.92 Å². The van der Waals surface area contributed by atoms with Crippen LogP contribution in [0.1, 0.15) is 16.8 Å². The molecule has 0 bridgehead atoms. The number of sulfonamides is 1. The van der Waals surface area contributed by atoms with Crippen molar-refractivity contribution < 1.29 is 18.0 Å². The zero-order valence-corrected chi connectivity index (χ0v) is 19.9. The maximum atomic E-state index is 13.0. The molecular formula is C24H26N6O4S. The molecule has 0 saturated heterocycles. The normalized spacial score (nSPS) is 12.3. The Morgan fingerprint density at radius 2 is 1.83 bits per heavy atom. The van der Waals surface area contributed by atoms with Gasteiger partial charge in [-0.1, -0.05) is 35.9 Å². The molecule has 10 nitrogen and oxygen atoms in total. The molecule has 4 rings (SSSR count). The SMILES string of the molecule is Cc1ccc(S(=O)(=O)NC(=O)N[C@@H](Cc2c[nH]c3ccccc23)C(=O)NCCc2cnc[nH]2)cc1. The van der Waals surface area contributed by atoms with Gasteiger partial charge in [-0.15, -0.1) is 0 Å². The van der Waals surface area contributed by atoms with Crippen molar-refractivity contribution in [2.75, 3.05) is 6.54 Å². The van der Waals surface area contributed by atoms with Gasteiger partial charge in [-0.2, -0.15) is 0 Å². The second-order valence-electron chi connectivity index (χ2n) is 8.13. The van der Waals surface area contributed by atoms with Crippen molar-refractivity contribution >= 4 is 32.9 Å². The van der Waals surface area contributed by atoms with E-state index in [1.807, 2.05) is 35.9 Å². The third-order valence-electron chi connectivity index (χ3n) is 5.53. The van der Waals surface area contributed by atoms with Gasteiger partial charge in [-0.25, -0.2) is 22.9 Å². The van der Waals surface area contributed by atoms with Gasteiger partial charge in [0.1, 0.15) is 6.04 Å². The largest absolute Gasteiger partial charge is 0.361 e. The predicted octanol–water partition coefficient (Wildman–Crippen LogP) is 2.16. The van der Waals surface area contributed by atoms with Gasteiger partial charge in [0.25, 0.3) is 10.0 Å². The molecule has 2 heterocycles. The van der Waals surface area contributed by atoms with Crippen LogP contribution in [-0.2, 0) is 27.7 Å². The maximum Gasteiger partial charge on any atom is 0.329 e. The van der Waals surface area contributed by atoms with E-state index in [4.69, 9.17) is 0 Å². The van der Waals surface area contributed by atoms with E-state index < -0.39 is 28.0 Å². The van der Waals surface area contributed by atoms with Crippen molar-refractivity contribution in [2.24, 2.45) is 0 Å². The minimum Gasteiger partial charge on any atom is -0.361 e. The van der Waals surface area contributed by atoms with E-state index in [9.17, 15) is 18.0 Å². The average molecular weight is 495 g/mol. The number of H-pyrrole nitrogens is 2. The van der Waals surface area contributed by atoms with Crippen molar-refractivity contribution in [3.63, 3.8) is 0 Å². The Hall–Kier alpha value is -4.12. The predicted molar refractivity (Wildman–Crippen MR) is 131 cm³/mol. The number of carbonyl (C=O) groups excluding carboxylic acids is 2. The lowest BCUT2D eigenvalue weighted by atomic mass is 10.0. The summed E-state index contributed by atoms with van der Waals surface area (Å²) in [4.78, 5) is 35.7. The third kappa shape index (κ3) is 6.07. The molecule has 0 spiro atoms. The smallest absolute Gasteiger partial charge is 0.329 e. The van der Waals surface area contributed by atoms with Crippen LogP contribution in [0.2, 0.25) is 0 Å². The number of carbonyl (C=O) groups is 2. The van der Waals surface area contributed by atoms with Gasteiger partial charge in [-0.05, 0) is 30.7 Å². The highest BCUT2D eigenvalue weighted by Gasteiger charge is 2.25. The number of imidazole rings is 1. The molecule has 0 radical (unpaired) electrons. The van der Waals surface area contributed by atoms with Gasteiger partial charge in [-0.3, -0.25) is 4.79 Å². The van der Waals surface area contributed by atoms with Crippen LogP contribution in [0.25, 0.3) is 10.9 Å². The van der Waals surface area contributed by atoms with Crippen LogP contribution >= 0.6 is 0 Å². The number of rotatable bonds is 9. The van der Waals surface area contributed by atoms with E-state index in [-0.39, 0.29) is 11.3 Å². The van der Waals surface area contributed by atoms with Crippen LogP contribution < -0.4 is 15.4 Å². The first-order chi connectivity index (χ1) is 16.8. The molecule has 0 aliphatic carbocycles. The zero-order chi connectivity index (χ0) is 24.8. The Labute approximate surface area is 202 Å². The number of benzene rings is 2. The molecule has 5 N–H and O–H groups in total. The summed E-state index contributed by atoms with van der Waals surface area (Å²) < 4.78 is 27.2. The lowest BCUT2D eigenvalue weighted by molar-refractivity contribution is -0.122. The molecular weight excluding hydrogens is 468 g/mol. The van der Waals surface area contributed by atoms with Crippen molar-refractivity contribution in [3.05, 3.63) is 84.1 Å². The third-order valence-corrected chi connectivity index (χ3v) is 6.87. The summed E-state index contributed by atoms with van der Waals surface area (Å²) >= 11 is 0. The molecule has 3 amide bonds. The maximum absolute atomic E-state index is 13.0. The molecule has 2 aromatic heterocycles. The zero-order valence-electron chi connectivity index (χ0n) is 19.0. The van der Waals surface area contributed by atoms with Gasteiger partial charge in [0.2, 0.25) is 5.91 Å². The summed E-state index contributed by atoms with van der Waals surface area (Å²) in [7, 11) is -4.10. The molecule has 4 aromatic rings. The number of aromatic nitrogens is 3. The van der Waals surface area contributed by atoms with Gasteiger partial charge in [0.15, 0.2) is 0 Å². The number of amides is 3. The van der Waals surface area contributed by atoms with E-state index in [0.717, 1.165) is 27.7 Å². The van der Waals surface area contributed by atoms with Gasteiger partial charge in [0, 0.05) is 48.4 Å². The highest BCUT2D eigenvalue weighted by Crippen LogP contribution is 2.19. The van der Waals surface area contributed by atoms with Crippen molar-refractivity contribution in [1.82, 2.24) is 30.3 Å². The van der Waals surface area contributed by atoms with E-state index >= 15 is 0 Å². The topological polar surface area (TPSA) is 149 Å². The quantitative estimate of drug-likeness (QED) is 0.242. The molecule has 2 aromatic carbocycles. The monoisotopic (exact) mass is 494 g/mol. The van der Waals surface area contributed by atoms with Crippen LogP contribution in [0.5, 0.6) is 0 Å². The average Bonchev–Trinajstić information content (AvgIpc) is 3.49. The van der Waals surface area contributed by atoms with Gasteiger partial charge < -0.3 is 20.6 Å². The fraction of sp³-hybridized carbons (Fsp3) is 0.208. The second-order valence-corrected chi connectivity index (χ2v) is 9.81. The first-order valence-electron chi connectivity index (χ1n) is 11.0. The molecule has 1 atom stereocenters. The molecule has 11 heteroatoms. The Balaban J connectivity index is 1.48. The number of urea groups is 1. The fourth-order valence-electron chi connectivity index (χ4n) is 3.68. The molecule has 0 saturated carbocycles. The van der Waals surface area contributed by atoms with E-state index in [1.165, 1.54) is 12.1 Å². The van der Waals surface area contributed by atoms with Crippen molar-refractivity contribution in [3.8, 4) is 0 Å². The number of fused-ring (bicyclic) bond motifs is 1. The lowest BCUT2D eigenvalue weighted by Crippen LogP contribution is -2.52. The lowest BCUT2D eigenvalue weighted by Gasteiger charge is -2.19. The molecule has 35 heavy (non-hydrogen) atoms. The minimum absolute atomic E-state index is 0.0459. The first kappa shape index (κ1) is 24.0. The van der Waals surface area contributed by atoms with Crippen molar-refractivity contribution in [1.29, 1.82) is 0 Å². The summed E-state index contributed by atoms with van der Waals surface area (Å²) in [5.41, 5.74) is 3.45. The van der Waals surface area contributed by atoms with Crippen molar-refractivity contribution in [2.45, 2.75) is 30.7 Å². The summed E-state index contributed by atoms with van der Waals surface area (Å²) in [5, 5.41) is 6.24. The summed E-state index contributed by atoms with van der Waals surface area (Å²) in [5.74, 6) is -0.433. The Bertz CT molecular complexity index is 1410. The van der Waals surface area contributed by atoms with E-state index in [2.05, 4.69) is 25.6 Å². The van der Waals surface area contributed by atoms with E-state index in [1.54, 1.807) is 30.9 Å². The highest BCUT2D eigenvalue weighted by atomic mass is 32.2. The fourth-order valence-corrected chi connectivity index (χ4v) is 4.60. The number of hydrogen-bond donors (Lipinski definition) is 5. The molecule has 0 aliphatic heterocycles. The van der Waals surface area contributed by atoms with E-state index in [0.29, 0.717) is 13.0 Å². The number of aryl methyl sites for hydroxylation is 1. The summed E-state index contributed by atoms with van der Waals surface area (Å²) in [6, 6.07) is 11.7. The highest BCUT2D eigenvalue weighted by molar-refractivity contribution is 7.90. The van der Waals surface area contributed by atoms with Crippen LogP contribution in [-0.4, -0.2) is 47.9 Å². The van der Waals surface area contributed by atoms with Gasteiger partial charge >= 0.3 is 6.03 Å². The van der Waals surface area contributed by atoms with Crippen LogP contribution in [0.4, 0.5) is 4.79 Å². The number of nitrogens with zero attached hydrogens (tertiary/aromatic N) is 1. The molecule has 0 fully saturated rings. The number of aromatic amines is 2. The molecule has 182 valence electrons. The standard InChI is InChI=1S/C24H26N6O4S/c1-16-6-8-19(9-7-16)35(33,34)30-24(32)29-22(23(31)26-11-10-18-14-25-15-28-18)12-17-13-27-21-5-3-2-4-20(17)21/h2-9,13-15,22,27H,10-12H2,1H3,(H,25,28)(H,26,31)(H2,29,30,32)/t22-/m0/s1. The van der Waals surface area contributed by atoms with Crippen LogP contribution in [0.3, 0.4) is 0 Å². The Morgan fingerprint density at radius 3 is 2.57 bits per heavy atom. The summed E-state index contributed by atoms with van der Waals surface area (Å²) in [6.07, 6.45) is 5.68. The number of hydrogen-bond acceptors (Lipinski definition) is 5. The Morgan fingerprint density at radius 1 is 1.06 bits per heavy atom. The first-order valence-corrected chi connectivity index (χ1v) is 12.5. The second kappa shape index (κ2) is 10.4. The summed E-state index contributed by atoms with van der Waals surface area (Å²) in [6.45, 7) is 2.15. The molecule has 0 unspecified atom stereocenters. The Kier molecular flexibility index (Phi) is 7.16. The number of para-hydroxylation sites is 1. The van der Waals surface area contributed by atoms with Gasteiger partial charge in [0.05, 0.1) is 11.2 Å². The van der Waals surface area contributed by atoms with Crippen LogP contribution in [0.15, 0.2) is 72.1 Å². The number of nitrogens with one attached hydrogen (secondary N) is 5. The minimum atomic E-state index is -4.10.